The fourth-order valence-corrected chi connectivity index (χ4v) is 3.27. The van der Waals surface area contributed by atoms with Gasteiger partial charge in [0.25, 0.3) is 0 Å². The number of aromatic nitrogens is 2. The number of fused-ring (bicyclic) bond motifs is 1. The van der Waals surface area contributed by atoms with Crippen LogP contribution in [0.15, 0.2) is 60.9 Å². The molecule has 6 heteroatoms. The number of pyridine rings is 1. The van der Waals surface area contributed by atoms with Crippen LogP contribution in [-0.2, 0) is 13.0 Å². The zero-order valence-corrected chi connectivity index (χ0v) is 16.0. The van der Waals surface area contributed by atoms with Gasteiger partial charge in [0, 0.05) is 28.4 Å². The van der Waals surface area contributed by atoms with E-state index in [4.69, 9.17) is 21.1 Å². The Hall–Kier alpha value is -3.05. The maximum absolute atomic E-state index is 13.9. The summed E-state index contributed by atoms with van der Waals surface area (Å²) in [6, 6.07) is 14.2. The molecule has 0 aliphatic carbocycles. The first kappa shape index (κ1) is 18.3. The third-order valence-corrected chi connectivity index (χ3v) is 4.79. The summed E-state index contributed by atoms with van der Waals surface area (Å²) in [5, 5.41) is 1.45. The highest BCUT2D eigenvalue weighted by Gasteiger charge is 2.11. The molecule has 0 unspecified atom stereocenters. The lowest BCUT2D eigenvalue weighted by molar-refractivity contribution is 0.279. The van der Waals surface area contributed by atoms with E-state index in [9.17, 15) is 4.39 Å². The third kappa shape index (κ3) is 3.80. The minimum atomic E-state index is -0.393. The van der Waals surface area contributed by atoms with Crippen LogP contribution in [0.3, 0.4) is 0 Å². The molecule has 0 fully saturated rings. The first-order valence-electron chi connectivity index (χ1n) is 8.78. The lowest BCUT2D eigenvalue weighted by Gasteiger charge is -2.13. The largest absolute Gasteiger partial charge is 0.493 e. The Kier molecular flexibility index (Phi) is 5.17. The van der Waals surface area contributed by atoms with Crippen molar-refractivity contribution >= 4 is 22.6 Å². The smallest absolute Gasteiger partial charge is 0.161 e. The highest BCUT2D eigenvalue weighted by molar-refractivity contribution is 6.30. The molecule has 1 N–H and O–H groups in total. The quantitative estimate of drug-likeness (QED) is 0.466. The molecule has 2 heterocycles. The lowest BCUT2D eigenvalue weighted by atomic mass is 10.0. The van der Waals surface area contributed by atoms with Crippen molar-refractivity contribution in [1.29, 1.82) is 0 Å². The van der Waals surface area contributed by atoms with Crippen LogP contribution in [0.2, 0.25) is 5.02 Å². The van der Waals surface area contributed by atoms with E-state index in [1.165, 1.54) is 6.07 Å². The maximum atomic E-state index is 13.9. The minimum Gasteiger partial charge on any atom is -0.493 e. The summed E-state index contributed by atoms with van der Waals surface area (Å²) < 4.78 is 25.2. The van der Waals surface area contributed by atoms with Gasteiger partial charge in [-0.1, -0.05) is 23.7 Å². The summed E-state index contributed by atoms with van der Waals surface area (Å²) in [5.41, 5.74) is 3.53. The van der Waals surface area contributed by atoms with Crippen LogP contribution in [0.4, 0.5) is 4.39 Å². The number of ether oxygens (including phenoxy) is 2. The van der Waals surface area contributed by atoms with Gasteiger partial charge < -0.3 is 14.5 Å². The summed E-state index contributed by atoms with van der Waals surface area (Å²) in [6.45, 7) is 0.0901. The van der Waals surface area contributed by atoms with Crippen LogP contribution >= 0.6 is 11.6 Å². The maximum Gasteiger partial charge on any atom is 0.161 e. The van der Waals surface area contributed by atoms with Crippen LogP contribution < -0.4 is 9.47 Å². The second kappa shape index (κ2) is 7.90. The molecular weight excluding hydrogens is 379 g/mol. The zero-order chi connectivity index (χ0) is 19.5. The fourth-order valence-electron chi connectivity index (χ4n) is 3.11. The van der Waals surface area contributed by atoms with E-state index >= 15 is 0 Å². The zero-order valence-electron chi connectivity index (χ0n) is 15.2. The molecule has 0 aliphatic rings. The molecule has 0 atom stereocenters. The SMILES string of the molecule is COc1cc(Cc2c[nH]c3ncccc23)ccc1OCc1ccc(Cl)cc1F. The van der Waals surface area contributed by atoms with Crippen molar-refractivity contribution in [3.05, 3.63) is 88.5 Å². The first-order chi connectivity index (χ1) is 13.6. The topological polar surface area (TPSA) is 47.1 Å². The van der Waals surface area contributed by atoms with Gasteiger partial charge in [0.15, 0.2) is 11.5 Å². The first-order valence-corrected chi connectivity index (χ1v) is 9.16. The van der Waals surface area contributed by atoms with Gasteiger partial charge in [-0.3, -0.25) is 0 Å². The summed E-state index contributed by atoms with van der Waals surface area (Å²) >= 11 is 5.79. The monoisotopic (exact) mass is 396 g/mol. The Balaban J connectivity index is 1.52. The van der Waals surface area contributed by atoms with Gasteiger partial charge in [-0.25, -0.2) is 9.37 Å². The van der Waals surface area contributed by atoms with Gasteiger partial charge in [0.05, 0.1) is 7.11 Å². The third-order valence-electron chi connectivity index (χ3n) is 4.56. The van der Waals surface area contributed by atoms with Crippen molar-refractivity contribution in [2.75, 3.05) is 7.11 Å². The van der Waals surface area contributed by atoms with Crippen molar-refractivity contribution in [1.82, 2.24) is 9.97 Å². The van der Waals surface area contributed by atoms with Crippen LogP contribution in [0, 0.1) is 5.82 Å². The van der Waals surface area contributed by atoms with Gasteiger partial charge in [-0.05, 0) is 53.9 Å². The Labute approximate surface area is 166 Å². The van der Waals surface area contributed by atoms with Gasteiger partial charge in [-0.15, -0.1) is 0 Å². The predicted molar refractivity (Wildman–Crippen MR) is 108 cm³/mol. The number of halogens is 2. The van der Waals surface area contributed by atoms with Crippen molar-refractivity contribution < 1.29 is 13.9 Å². The van der Waals surface area contributed by atoms with E-state index in [0.29, 0.717) is 22.1 Å². The fraction of sp³-hybridized carbons (Fsp3) is 0.136. The van der Waals surface area contributed by atoms with Crippen LogP contribution in [-0.4, -0.2) is 17.1 Å². The van der Waals surface area contributed by atoms with Crippen molar-refractivity contribution in [3.63, 3.8) is 0 Å². The Bertz CT molecular complexity index is 1130. The standard InChI is InChI=1S/C22H18ClFN2O2/c1-27-21-10-14(9-16-12-26-22-18(16)3-2-8-25-22)4-7-20(21)28-13-15-5-6-17(23)11-19(15)24/h2-8,10-12H,9,13H2,1H3,(H,25,26). The highest BCUT2D eigenvalue weighted by atomic mass is 35.5. The van der Waals surface area contributed by atoms with E-state index in [1.807, 2.05) is 36.5 Å². The van der Waals surface area contributed by atoms with E-state index in [0.717, 1.165) is 28.6 Å². The normalized spacial score (nSPS) is 11.0. The molecule has 4 nitrogen and oxygen atoms in total. The predicted octanol–water partition coefficient (Wildman–Crippen LogP) is 5.53. The number of nitrogens with one attached hydrogen (secondary N) is 1. The molecule has 0 saturated heterocycles. The number of methoxy groups -OCH3 is 1. The molecule has 2 aromatic carbocycles. The summed E-state index contributed by atoms with van der Waals surface area (Å²) in [5.74, 6) is 0.766. The highest BCUT2D eigenvalue weighted by Crippen LogP contribution is 2.31. The van der Waals surface area contributed by atoms with Crippen molar-refractivity contribution in [2.45, 2.75) is 13.0 Å². The Morgan fingerprint density at radius 3 is 2.79 bits per heavy atom. The van der Waals surface area contributed by atoms with Gasteiger partial charge in [0.2, 0.25) is 0 Å². The average molecular weight is 397 g/mol. The number of rotatable bonds is 6. The summed E-state index contributed by atoms with van der Waals surface area (Å²) in [4.78, 5) is 7.50. The van der Waals surface area contributed by atoms with E-state index in [2.05, 4.69) is 9.97 Å². The number of H-pyrrole nitrogens is 1. The van der Waals surface area contributed by atoms with Crippen LogP contribution in [0.25, 0.3) is 11.0 Å². The molecule has 0 radical (unpaired) electrons. The molecule has 0 bridgehead atoms. The Morgan fingerprint density at radius 2 is 1.96 bits per heavy atom. The number of aromatic amines is 1. The molecule has 0 spiro atoms. The van der Waals surface area contributed by atoms with Crippen LogP contribution in [0.1, 0.15) is 16.7 Å². The number of nitrogens with zero attached hydrogens (tertiary/aromatic N) is 1. The molecule has 142 valence electrons. The Morgan fingerprint density at radius 1 is 1.07 bits per heavy atom. The van der Waals surface area contributed by atoms with Gasteiger partial charge >= 0.3 is 0 Å². The molecule has 0 saturated carbocycles. The van der Waals surface area contributed by atoms with Crippen LogP contribution in [0.5, 0.6) is 11.5 Å². The lowest BCUT2D eigenvalue weighted by Crippen LogP contribution is -2.00. The van der Waals surface area contributed by atoms with Crippen molar-refractivity contribution in [3.8, 4) is 11.5 Å². The second-order valence-electron chi connectivity index (χ2n) is 6.40. The number of hydrogen-bond acceptors (Lipinski definition) is 3. The molecule has 0 aliphatic heterocycles. The van der Waals surface area contributed by atoms with Gasteiger partial charge in [0.1, 0.15) is 18.1 Å². The molecule has 4 rings (SSSR count). The molecule has 4 aromatic rings. The molecular formula is C22H18ClFN2O2. The summed E-state index contributed by atoms with van der Waals surface area (Å²) in [6.07, 6.45) is 4.47. The number of benzene rings is 2. The van der Waals surface area contributed by atoms with E-state index < -0.39 is 5.82 Å². The molecule has 2 aromatic heterocycles. The van der Waals surface area contributed by atoms with E-state index in [-0.39, 0.29) is 6.61 Å². The second-order valence-corrected chi connectivity index (χ2v) is 6.84. The minimum absolute atomic E-state index is 0.0901. The molecule has 28 heavy (non-hydrogen) atoms. The number of hydrogen-bond donors (Lipinski definition) is 1. The van der Waals surface area contributed by atoms with Crippen molar-refractivity contribution in [2.24, 2.45) is 0 Å². The summed E-state index contributed by atoms with van der Waals surface area (Å²) in [7, 11) is 1.59. The molecule has 0 amide bonds. The average Bonchev–Trinajstić information content (AvgIpc) is 3.11. The van der Waals surface area contributed by atoms with Gasteiger partial charge in [-0.2, -0.15) is 0 Å². The van der Waals surface area contributed by atoms with E-state index in [1.54, 1.807) is 25.4 Å².